The number of benzene rings is 2. The minimum Gasteiger partial charge on any atom is -0.492 e. The van der Waals surface area contributed by atoms with E-state index in [1.165, 1.54) is 34.7 Å². The second kappa shape index (κ2) is 8.83. The Bertz CT molecular complexity index is 699. The molecule has 2 aromatic carbocycles. The Balaban J connectivity index is 1.19. The molecule has 0 aliphatic carbocycles. The molecule has 26 heavy (non-hydrogen) atoms. The lowest BCUT2D eigenvalue weighted by Gasteiger charge is -2.36. The average molecular weight is 369 g/mol. The third kappa shape index (κ3) is 4.36. The second-order valence-electron chi connectivity index (χ2n) is 7.06. The fourth-order valence-corrected chi connectivity index (χ4v) is 4.93. The number of ether oxygens (including phenoxy) is 1. The molecule has 0 atom stereocenters. The molecule has 0 N–H and O–H groups in total. The van der Waals surface area contributed by atoms with Crippen LogP contribution in [0.2, 0.25) is 0 Å². The van der Waals surface area contributed by atoms with E-state index in [2.05, 4.69) is 58.3 Å². The summed E-state index contributed by atoms with van der Waals surface area (Å²) < 4.78 is 6.13. The van der Waals surface area contributed by atoms with E-state index in [0.29, 0.717) is 0 Å². The van der Waals surface area contributed by atoms with E-state index in [-0.39, 0.29) is 0 Å². The minimum atomic E-state index is 0.815. The van der Waals surface area contributed by atoms with Gasteiger partial charge in [-0.1, -0.05) is 30.3 Å². The van der Waals surface area contributed by atoms with Gasteiger partial charge in [-0.3, -0.25) is 4.90 Å². The van der Waals surface area contributed by atoms with Gasteiger partial charge in [-0.2, -0.15) is 0 Å². The predicted molar refractivity (Wildman–Crippen MR) is 111 cm³/mol. The van der Waals surface area contributed by atoms with Crippen LogP contribution in [0.15, 0.2) is 53.4 Å². The molecule has 4 rings (SSSR count). The smallest absolute Gasteiger partial charge is 0.133 e. The van der Waals surface area contributed by atoms with Gasteiger partial charge in [0.05, 0.1) is 11.5 Å². The molecule has 0 unspecified atom stereocenters. The summed E-state index contributed by atoms with van der Waals surface area (Å²) in [5, 5.41) is 0. The van der Waals surface area contributed by atoms with Crippen LogP contribution in [0, 0.1) is 0 Å². The fraction of sp³-hybridized carbons (Fsp3) is 0.455. The summed E-state index contributed by atoms with van der Waals surface area (Å²) in [6.07, 6.45) is 3.58. The van der Waals surface area contributed by atoms with Gasteiger partial charge in [0, 0.05) is 38.4 Å². The normalized spacial score (nSPS) is 17.8. The van der Waals surface area contributed by atoms with Crippen molar-refractivity contribution in [2.45, 2.75) is 24.2 Å². The number of fused-ring (bicyclic) bond motifs is 1. The maximum atomic E-state index is 6.13. The van der Waals surface area contributed by atoms with Gasteiger partial charge in [0.15, 0.2) is 0 Å². The van der Waals surface area contributed by atoms with E-state index < -0.39 is 0 Å². The number of para-hydroxylation sites is 1. The number of piperazine rings is 1. The zero-order chi connectivity index (χ0) is 17.6. The standard InChI is InChI=1S/C22H28N2OS/c1-2-9-20(10-3-1)24-15-13-23(14-16-24)12-6-17-25-21-11-4-7-19-8-5-18-26-22(19)21/h1-4,7,9-11H,5-6,8,12-18H2. The van der Waals surface area contributed by atoms with Crippen LogP contribution < -0.4 is 9.64 Å². The molecular formula is C22H28N2OS. The van der Waals surface area contributed by atoms with Crippen LogP contribution in [0.3, 0.4) is 0 Å². The first kappa shape index (κ1) is 17.7. The highest BCUT2D eigenvalue weighted by Gasteiger charge is 2.17. The van der Waals surface area contributed by atoms with Gasteiger partial charge in [-0.15, -0.1) is 11.8 Å². The summed E-state index contributed by atoms with van der Waals surface area (Å²) in [6, 6.07) is 17.3. The lowest BCUT2D eigenvalue weighted by Crippen LogP contribution is -2.46. The molecule has 4 heteroatoms. The number of aryl methyl sites for hydroxylation is 1. The predicted octanol–water partition coefficient (Wildman–Crippen LogP) is 4.32. The molecule has 1 fully saturated rings. The monoisotopic (exact) mass is 368 g/mol. The van der Waals surface area contributed by atoms with E-state index in [4.69, 9.17) is 4.74 Å². The zero-order valence-corrected chi connectivity index (χ0v) is 16.2. The molecule has 2 aliphatic rings. The molecule has 2 heterocycles. The first-order valence-corrected chi connectivity index (χ1v) is 10.8. The number of anilines is 1. The molecule has 0 amide bonds. The third-order valence-corrected chi connectivity index (χ3v) is 6.51. The third-order valence-electron chi connectivity index (χ3n) is 5.27. The topological polar surface area (TPSA) is 15.7 Å². The van der Waals surface area contributed by atoms with Crippen LogP contribution >= 0.6 is 11.8 Å². The SMILES string of the molecule is c1ccc(N2CCN(CCCOc3cccc4c3SCCC4)CC2)cc1. The van der Waals surface area contributed by atoms with Crippen molar-refractivity contribution in [1.29, 1.82) is 0 Å². The molecule has 138 valence electrons. The second-order valence-corrected chi connectivity index (χ2v) is 8.17. The highest BCUT2D eigenvalue weighted by atomic mass is 32.2. The molecule has 0 saturated carbocycles. The molecule has 0 spiro atoms. The van der Waals surface area contributed by atoms with Crippen molar-refractivity contribution >= 4 is 17.4 Å². The molecule has 0 radical (unpaired) electrons. The molecule has 1 saturated heterocycles. The van der Waals surface area contributed by atoms with E-state index in [9.17, 15) is 0 Å². The maximum absolute atomic E-state index is 6.13. The van der Waals surface area contributed by atoms with E-state index in [1.807, 2.05) is 11.8 Å². The first-order valence-electron chi connectivity index (χ1n) is 9.80. The lowest BCUT2D eigenvalue weighted by molar-refractivity contribution is 0.223. The van der Waals surface area contributed by atoms with Crippen molar-refractivity contribution in [3.05, 3.63) is 54.1 Å². The van der Waals surface area contributed by atoms with Crippen molar-refractivity contribution < 1.29 is 4.74 Å². The van der Waals surface area contributed by atoms with Crippen LogP contribution in [0.4, 0.5) is 5.69 Å². The van der Waals surface area contributed by atoms with Gasteiger partial charge in [-0.05, 0) is 48.8 Å². The molecule has 0 bridgehead atoms. The Morgan fingerprint density at radius 1 is 0.923 bits per heavy atom. The summed E-state index contributed by atoms with van der Waals surface area (Å²) in [5.74, 6) is 2.32. The van der Waals surface area contributed by atoms with E-state index in [1.54, 1.807) is 0 Å². The maximum Gasteiger partial charge on any atom is 0.133 e. The van der Waals surface area contributed by atoms with Gasteiger partial charge >= 0.3 is 0 Å². The summed E-state index contributed by atoms with van der Waals surface area (Å²) in [5.41, 5.74) is 2.82. The van der Waals surface area contributed by atoms with Crippen LogP contribution in [0.25, 0.3) is 0 Å². The molecule has 3 nitrogen and oxygen atoms in total. The Morgan fingerprint density at radius 2 is 1.77 bits per heavy atom. The Labute approximate surface area is 161 Å². The molecular weight excluding hydrogens is 340 g/mol. The van der Waals surface area contributed by atoms with Crippen molar-refractivity contribution in [2.24, 2.45) is 0 Å². The van der Waals surface area contributed by atoms with Crippen molar-refractivity contribution in [1.82, 2.24) is 4.90 Å². The Hall–Kier alpha value is -1.65. The van der Waals surface area contributed by atoms with Crippen LogP contribution in [0.1, 0.15) is 18.4 Å². The Kier molecular flexibility index (Phi) is 6.03. The van der Waals surface area contributed by atoms with Crippen molar-refractivity contribution in [3.8, 4) is 5.75 Å². The van der Waals surface area contributed by atoms with E-state index in [0.717, 1.165) is 51.5 Å². The summed E-state index contributed by atoms with van der Waals surface area (Å²) in [7, 11) is 0. The highest BCUT2D eigenvalue weighted by Crippen LogP contribution is 2.37. The van der Waals surface area contributed by atoms with Gasteiger partial charge in [0.2, 0.25) is 0 Å². The lowest BCUT2D eigenvalue weighted by atomic mass is 10.1. The van der Waals surface area contributed by atoms with Gasteiger partial charge in [0.25, 0.3) is 0 Å². The van der Waals surface area contributed by atoms with Gasteiger partial charge in [0.1, 0.15) is 5.75 Å². The fourth-order valence-electron chi connectivity index (χ4n) is 3.81. The quantitative estimate of drug-likeness (QED) is 0.706. The van der Waals surface area contributed by atoms with Crippen molar-refractivity contribution in [2.75, 3.05) is 50.0 Å². The number of hydrogen-bond acceptors (Lipinski definition) is 4. The summed E-state index contributed by atoms with van der Waals surface area (Å²) in [4.78, 5) is 6.44. The first-order chi connectivity index (χ1) is 12.9. The minimum absolute atomic E-state index is 0.815. The molecule has 2 aliphatic heterocycles. The van der Waals surface area contributed by atoms with Crippen molar-refractivity contribution in [3.63, 3.8) is 0 Å². The Morgan fingerprint density at radius 3 is 2.62 bits per heavy atom. The summed E-state index contributed by atoms with van der Waals surface area (Å²) in [6.45, 7) is 6.47. The molecule has 2 aromatic rings. The van der Waals surface area contributed by atoms with Gasteiger partial charge < -0.3 is 9.64 Å². The van der Waals surface area contributed by atoms with Gasteiger partial charge in [-0.25, -0.2) is 0 Å². The highest BCUT2D eigenvalue weighted by molar-refractivity contribution is 7.99. The van der Waals surface area contributed by atoms with Crippen LogP contribution in [0.5, 0.6) is 5.75 Å². The van der Waals surface area contributed by atoms with E-state index >= 15 is 0 Å². The number of nitrogens with zero attached hydrogens (tertiary/aromatic N) is 2. The number of hydrogen-bond donors (Lipinski definition) is 0. The zero-order valence-electron chi connectivity index (χ0n) is 15.4. The average Bonchev–Trinajstić information content (AvgIpc) is 2.72. The number of rotatable bonds is 6. The van der Waals surface area contributed by atoms with Crippen LogP contribution in [-0.4, -0.2) is 50.0 Å². The largest absolute Gasteiger partial charge is 0.492 e. The number of thioether (sulfide) groups is 1. The van der Waals surface area contributed by atoms with Crippen LogP contribution in [-0.2, 0) is 6.42 Å². The molecule has 0 aromatic heterocycles. The summed E-state index contributed by atoms with van der Waals surface area (Å²) >= 11 is 1.96.